The summed E-state index contributed by atoms with van der Waals surface area (Å²) in [5.74, 6) is 0.859. The molecule has 0 radical (unpaired) electrons. The lowest BCUT2D eigenvalue weighted by Crippen LogP contribution is -2.46. The number of piperazine rings is 1. The van der Waals surface area contributed by atoms with E-state index in [4.69, 9.17) is 4.74 Å². The van der Waals surface area contributed by atoms with Crippen LogP contribution in [0.15, 0.2) is 0 Å². The van der Waals surface area contributed by atoms with Gasteiger partial charge in [-0.15, -0.1) is 0 Å². The normalized spacial score (nSPS) is 24.6. The summed E-state index contributed by atoms with van der Waals surface area (Å²) in [4.78, 5) is 14.9. The molecule has 0 saturated carbocycles. The summed E-state index contributed by atoms with van der Waals surface area (Å²) in [5, 5.41) is 0. The van der Waals surface area contributed by atoms with Crippen LogP contribution in [-0.4, -0.2) is 62.1 Å². The van der Waals surface area contributed by atoms with Gasteiger partial charge in [-0.1, -0.05) is 0 Å². The van der Waals surface area contributed by atoms with E-state index in [0.29, 0.717) is 0 Å². The van der Waals surface area contributed by atoms with Crippen LogP contribution in [0.25, 0.3) is 0 Å². The Morgan fingerprint density at radius 1 is 1.12 bits per heavy atom. The third-order valence-corrected chi connectivity index (χ3v) is 3.75. The molecular weight excluding hydrogens is 204 g/mol. The first kappa shape index (κ1) is 11.9. The summed E-state index contributed by atoms with van der Waals surface area (Å²) in [7, 11) is 0. The smallest absolute Gasteiger partial charge is 0.209 e. The van der Waals surface area contributed by atoms with E-state index >= 15 is 0 Å². The molecule has 0 N–H and O–H groups in total. The molecule has 0 aromatic carbocycles. The Bertz CT molecular complexity index is 209. The fourth-order valence-electron chi connectivity index (χ4n) is 2.49. The second-order valence-corrected chi connectivity index (χ2v) is 4.83. The molecule has 2 aliphatic rings. The van der Waals surface area contributed by atoms with E-state index in [-0.39, 0.29) is 0 Å². The van der Waals surface area contributed by atoms with Crippen LogP contribution in [0.1, 0.15) is 19.3 Å². The lowest BCUT2D eigenvalue weighted by molar-refractivity contribution is -0.119. The molecule has 4 nitrogen and oxygen atoms in total. The topological polar surface area (TPSA) is 32.8 Å². The predicted octanol–water partition coefficient (Wildman–Crippen LogP) is 0.577. The molecule has 4 heteroatoms. The molecule has 0 aromatic rings. The first-order chi connectivity index (χ1) is 7.88. The largest absolute Gasteiger partial charge is 0.381 e. The SMILES string of the molecule is O=CN1CCN(CCC2CCOCC2)CC1. The maximum Gasteiger partial charge on any atom is 0.209 e. The fourth-order valence-corrected chi connectivity index (χ4v) is 2.49. The van der Waals surface area contributed by atoms with Crippen molar-refractivity contribution in [3.05, 3.63) is 0 Å². The Kier molecular flexibility index (Phi) is 4.60. The Labute approximate surface area is 97.5 Å². The predicted molar refractivity (Wildman–Crippen MR) is 62.2 cm³/mol. The number of nitrogens with zero attached hydrogens (tertiary/aromatic N) is 2. The van der Waals surface area contributed by atoms with Gasteiger partial charge in [0, 0.05) is 39.4 Å². The molecular formula is C12H22N2O2. The van der Waals surface area contributed by atoms with E-state index in [1.54, 1.807) is 0 Å². The van der Waals surface area contributed by atoms with E-state index in [0.717, 1.165) is 51.7 Å². The summed E-state index contributed by atoms with van der Waals surface area (Å²) in [6.45, 7) is 6.98. The quantitative estimate of drug-likeness (QED) is 0.657. The highest BCUT2D eigenvalue weighted by Gasteiger charge is 2.18. The van der Waals surface area contributed by atoms with Crippen LogP contribution in [0, 0.1) is 5.92 Å². The number of carbonyl (C=O) groups excluding carboxylic acids is 1. The summed E-state index contributed by atoms with van der Waals surface area (Å²) >= 11 is 0. The zero-order valence-corrected chi connectivity index (χ0v) is 9.94. The number of rotatable bonds is 4. The van der Waals surface area contributed by atoms with Crippen molar-refractivity contribution in [1.82, 2.24) is 9.80 Å². The van der Waals surface area contributed by atoms with Crippen molar-refractivity contribution in [2.45, 2.75) is 19.3 Å². The second-order valence-electron chi connectivity index (χ2n) is 4.83. The van der Waals surface area contributed by atoms with E-state index in [2.05, 4.69) is 4.90 Å². The maximum atomic E-state index is 10.6. The number of hydrogen-bond donors (Lipinski definition) is 0. The monoisotopic (exact) mass is 226 g/mol. The minimum absolute atomic E-state index is 0.859. The van der Waals surface area contributed by atoms with E-state index in [9.17, 15) is 4.79 Å². The number of amides is 1. The molecule has 0 spiro atoms. The molecule has 0 aromatic heterocycles. The summed E-state index contributed by atoms with van der Waals surface area (Å²) in [6.07, 6.45) is 4.73. The minimum Gasteiger partial charge on any atom is -0.381 e. The van der Waals surface area contributed by atoms with Gasteiger partial charge < -0.3 is 9.64 Å². The van der Waals surface area contributed by atoms with Crippen molar-refractivity contribution >= 4 is 6.41 Å². The lowest BCUT2D eigenvalue weighted by atomic mass is 9.96. The summed E-state index contributed by atoms with van der Waals surface area (Å²) in [6, 6.07) is 0. The van der Waals surface area contributed by atoms with Gasteiger partial charge in [0.2, 0.25) is 6.41 Å². The first-order valence-corrected chi connectivity index (χ1v) is 6.38. The average molecular weight is 226 g/mol. The highest BCUT2D eigenvalue weighted by molar-refractivity contribution is 5.47. The van der Waals surface area contributed by atoms with Crippen LogP contribution < -0.4 is 0 Å². The lowest BCUT2D eigenvalue weighted by Gasteiger charge is -2.33. The van der Waals surface area contributed by atoms with Crippen LogP contribution >= 0.6 is 0 Å². The van der Waals surface area contributed by atoms with Gasteiger partial charge in [0.1, 0.15) is 0 Å². The Balaban J connectivity index is 1.61. The van der Waals surface area contributed by atoms with E-state index < -0.39 is 0 Å². The second kappa shape index (κ2) is 6.21. The molecule has 0 bridgehead atoms. The van der Waals surface area contributed by atoms with Crippen LogP contribution in [-0.2, 0) is 9.53 Å². The summed E-state index contributed by atoms with van der Waals surface area (Å²) in [5.41, 5.74) is 0. The van der Waals surface area contributed by atoms with Gasteiger partial charge >= 0.3 is 0 Å². The van der Waals surface area contributed by atoms with Gasteiger partial charge in [-0.25, -0.2) is 0 Å². The van der Waals surface area contributed by atoms with Crippen LogP contribution in [0.2, 0.25) is 0 Å². The number of ether oxygens (including phenoxy) is 1. The zero-order valence-electron chi connectivity index (χ0n) is 9.94. The Hall–Kier alpha value is -0.610. The van der Waals surface area contributed by atoms with Gasteiger partial charge in [0.05, 0.1) is 0 Å². The van der Waals surface area contributed by atoms with Crippen molar-refractivity contribution in [2.75, 3.05) is 45.9 Å². The van der Waals surface area contributed by atoms with Crippen molar-refractivity contribution in [3.8, 4) is 0 Å². The third-order valence-electron chi connectivity index (χ3n) is 3.75. The molecule has 2 heterocycles. The van der Waals surface area contributed by atoms with E-state index in [1.165, 1.54) is 25.8 Å². The van der Waals surface area contributed by atoms with Crippen molar-refractivity contribution in [2.24, 2.45) is 5.92 Å². The highest BCUT2D eigenvalue weighted by Crippen LogP contribution is 2.18. The Morgan fingerprint density at radius 3 is 2.44 bits per heavy atom. The van der Waals surface area contributed by atoms with Gasteiger partial charge in [0.25, 0.3) is 0 Å². The summed E-state index contributed by atoms with van der Waals surface area (Å²) < 4.78 is 5.36. The van der Waals surface area contributed by atoms with Gasteiger partial charge in [-0.05, 0) is 31.7 Å². The molecule has 2 fully saturated rings. The number of carbonyl (C=O) groups is 1. The highest BCUT2D eigenvalue weighted by atomic mass is 16.5. The van der Waals surface area contributed by atoms with E-state index in [1.807, 2.05) is 4.90 Å². The molecule has 92 valence electrons. The fraction of sp³-hybridized carbons (Fsp3) is 0.917. The molecule has 0 atom stereocenters. The van der Waals surface area contributed by atoms with Crippen molar-refractivity contribution in [1.29, 1.82) is 0 Å². The minimum atomic E-state index is 0.859. The van der Waals surface area contributed by atoms with Crippen LogP contribution in [0.3, 0.4) is 0 Å². The molecule has 1 amide bonds. The van der Waals surface area contributed by atoms with Gasteiger partial charge in [0.15, 0.2) is 0 Å². The average Bonchev–Trinajstić information content (AvgIpc) is 2.38. The molecule has 16 heavy (non-hydrogen) atoms. The van der Waals surface area contributed by atoms with Gasteiger partial charge in [-0.2, -0.15) is 0 Å². The standard InChI is InChI=1S/C12H22N2O2/c15-11-14-7-5-13(6-8-14)4-1-12-2-9-16-10-3-12/h11-12H,1-10H2. The molecule has 2 aliphatic heterocycles. The third kappa shape index (κ3) is 3.46. The van der Waals surface area contributed by atoms with Crippen molar-refractivity contribution in [3.63, 3.8) is 0 Å². The van der Waals surface area contributed by atoms with Crippen LogP contribution in [0.4, 0.5) is 0 Å². The molecule has 2 saturated heterocycles. The Morgan fingerprint density at radius 2 is 1.81 bits per heavy atom. The zero-order chi connectivity index (χ0) is 11.2. The van der Waals surface area contributed by atoms with Gasteiger partial charge in [-0.3, -0.25) is 9.69 Å². The van der Waals surface area contributed by atoms with Crippen LogP contribution in [0.5, 0.6) is 0 Å². The molecule has 0 aliphatic carbocycles. The van der Waals surface area contributed by atoms with Crippen molar-refractivity contribution < 1.29 is 9.53 Å². The maximum absolute atomic E-state index is 10.6. The molecule has 2 rings (SSSR count). The molecule has 0 unspecified atom stereocenters. The number of hydrogen-bond acceptors (Lipinski definition) is 3. The first-order valence-electron chi connectivity index (χ1n) is 6.38.